The van der Waals surface area contributed by atoms with Crippen molar-refractivity contribution in [2.24, 2.45) is 5.73 Å². The van der Waals surface area contributed by atoms with Crippen molar-refractivity contribution >= 4 is 11.4 Å². The van der Waals surface area contributed by atoms with Gasteiger partial charge in [-0.3, -0.25) is 4.90 Å². The molecule has 0 amide bonds. The minimum Gasteiger partial charge on any atom is -0.402 e. The zero-order chi connectivity index (χ0) is 34.5. The average Bonchev–Trinajstić information content (AvgIpc) is 3.16. The van der Waals surface area contributed by atoms with E-state index in [1.807, 2.05) is 13.0 Å². The lowest BCUT2D eigenvalue weighted by Crippen LogP contribution is -2.46. The van der Waals surface area contributed by atoms with Gasteiger partial charge in [-0.05, 0) is 100 Å². The van der Waals surface area contributed by atoms with Crippen LogP contribution < -0.4 is 10.6 Å². The molecule has 6 rings (SSSR count). The first-order valence-electron chi connectivity index (χ1n) is 19.3. The maximum Gasteiger partial charge on any atom is 0.164 e. The normalized spacial score (nSPS) is 16.8. The molecule has 2 N–H and O–H groups in total. The summed E-state index contributed by atoms with van der Waals surface area (Å²) in [4.78, 5) is 18.0. The number of allylic oxidation sites excluding steroid dienone is 1. The molecule has 0 radical (unpaired) electrons. The molecule has 0 bridgehead atoms. The SMILES string of the molecule is CCCN1CCN(c2cc(-c3cccc(CCCCCCCN4CCC(c5ccccc5)CC4)c3)nc(/C(=C(/C)N)c3ccccc3)n2)CC1. The van der Waals surface area contributed by atoms with Gasteiger partial charge in [0.2, 0.25) is 0 Å². The van der Waals surface area contributed by atoms with Crippen molar-refractivity contribution in [1.29, 1.82) is 0 Å². The van der Waals surface area contributed by atoms with Crippen LogP contribution in [0.15, 0.2) is 96.7 Å². The van der Waals surface area contributed by atoms with Crippen molar-refractivity contribution in [3.8, 4) is 11.3 Å². The smallest absolute Gasteiger partial charge is 0.164 e. The van der Waals surface area contributed by atoms with E-state index in [1.165, 1.54) is 82.1 Å². The lowest BCUT2D eigenvalue weighted by Gasteiger charge is -2.35. The van der Waals surface area contributed by atoms with Crippen molar-refractivity contribution in [2.75, 3.05) is 57.3 Å². The van der Waals surface area contributed by atoms with E-state index in [-0.39, 0.29) is 0 Å². The second-order valence-corrected chi connectivity index (χ2v) is 14.4. The van der Waals surface area contributed by atoms with E-state index in [4.69, 9.17) is 15.7 Å². The molecule has 0 saturated carbocycles. The third-order valence-electron chi connectivity index (χ3n) is 10.7. The summed E-state index contributed by atoms with van der Waals surface area (Å²) in [5, 5.41) is 0. The van der Waals surface area contributed by atoms with Crippen LogP contribution in [0.25, 0.3) is 16.8 Å². The maximum absolute atomic E-state index is 6.53. The van der Waals surface area contributed by atoms with Crippen LogP contribution in [0.2, 0.25) is 0 Å². The van der Waals surface area contributed by atoms with Gasteiger partial charge >= 0.3 is 0 Å². The summed E-state index contributed by atoms with van der Waals surface area (Å²) in [5.41, 5.74) is 14.2. The summed E-state index contributed by atoms with van der Waals surface area (Å²) >= 11 is 0. The number of likely N-dealkylation sites (tertiary alicyclic amines) is 1. The van der Waals surface area contributed by atoms with E-state index in [9.17, 15) is 0 Å². The Morgan fingerprint density at radius 1 is 0.700 bits per heavy atom. The molecule has 4 aromatic rings. The predicted molar refractivity (Wildman–Crippen MR) is 210 cm³/mol. The third-order valence-corrected chi connectivity index (χ3v) is 10.7. The van der Waals surface area contributed by atoms with Gasteiger partial charge in [0.1, 0.15) is 5.82 Å². The second kappa shape index (κ2) is 18.3. The Balaban J connectivity index is 1.05. The van der Waals surface area contributed by atoms with E-state index in [0.717, 1.165) is 79.0 Å². The number of benzene rings is 3. The third kappa shape index (κ3) is 9.82. The highest BCUT2D eigenvalue weighted by molar-refractivity contribution is 5.80. The van der Waals surface area contributed by atoms with Crippen molar-refractivity contribution in [3.63, 3.8) is 0 Å². The number of aromatic nitrogens is 2. The fraction of sp³-hybridized carbons (Fsp3) is 0.455. The summed E-state index contributed by atoms with van der Waals surface area (Å²) in [6, 6.07) is 32.6. The van der Waals surface area contributed by atoms with Gasteiger partial charge in [-0.1, -0.05) is 105 Å². The second-order valence-electron chi connectivity index (χ2n) is 14.4. The molecule has 0 spiro atoms. The number of rotatable bonds is 15. The first kappa shape index (κ1) is 35.8. The van der Waals surface area contributed by atoms with Crippen LogP contribution in [0.1, 0.15) is 93.6 Å². The van der Waals surface area contributed by atoms with E-state index >= 15 is 0 Å². The summed E-state index contributed by atoms with van der Waals surface area (Å²) in [6.07, 6.45) is 11.4. The van der Waals surface area contributed by atoms with E-state index in [2.05, 4.69) is 107 Å². The zero-order valence-electron chi connectivity index (χ0n) is 30.6. The Kier molecular flexibility index (Phi) is 13.1. The molecule has 2 aliphatic heterocycles. The minimum absolute atomic E-state index is 0.700. The van der Waals surface area contributed by atoms with Gasteiger partial charge in [-0.15, -0.1) is 0 Å². The van der Waals surface area contributed by atoms with Crippen LogP contribution in [0, 0.1) is 0 Å². The highest BCUT2D eigenvalue weighted by atomic mass is 15.3. The molecule has 6 nitrogen and oxygen atoms in total. The number of nitrogens with two attached hydrogens (primary N) is 1. The quantitative estimate of drug-likeness (QED) is 0.128. The Morgan fingerprint density at radius 3 is 2.10 bits per heavy atom. The van der Waals surface area contributed by atoms with Gasteiger partial charge in [0.05, 0.1) is 5.69 Å². The van der Waals surface area contributed by atoms with Gasteiger partial charge in [0.25, 0.3) is 0 Å². The van der Waals surface area contributed by atoms with E-state index in [1.54, 1.807) is 0 Å². The fourth-order valence-electron chi connectivity index (χ4n) is 7.81. The summed E-state index contributed by atoms with van der Waals surface area (Å²) in [5.74, 6) is 2.43. The fourth-order valence-corrected chi connectivity index (χ4v) is 7.81. The first-order chi connectivity index (χ1) is 24.6. The highest BCUT2D eigenvalue weighted by Gasteiger charge is 2.22. The van der Waals surface area contributed by atoms with Crippen LogP contribution >= 0.6 is 0 Å². The number of anilines is 1. The molecular formula is C44H58N6. The number of piperidine rings is 1. The van der Waals surface area contributed by atoms with Crippen LogP contribution in [-0.4, -0.2) is 72.1 Å². The first-order valence-corrected chi connectivity index (χ1v) is 19.3. The molecule has 2 saturated heterocycles. The standard InChI is InChI=1S/C44H58N6/c1-3-25-48-29-31-50(32-30-48)42-34-41(46-44(47-42)43(35(2)45)39-20-12-8-13-21-39)40-22-15-17-36(33-40)16-9-5-4-6-14-26-49-27-23-38(24-28-49)37-18-10-7-11-19-37/h7-8,10-13,15,17-22,33-34,38H,3-6,9,14,16,23-32,45H2,1-2H3/b43-35-. The van der Waals surface area contributed by atoms with Crippen molar-refractivity contribution < 1.29 is 0 Å². The van der Waals surface area contributed by atoms with Gasteiger partial charge in [0, 0.05) is 49.1 Å². The van der Waals surface area contributed by atoms with Crippen molar-refractivity contribution in [3.05, 3.63) is 119 Å². The Bertz CT molecular complexity index is 1630. The molecule has 2 aliphatic rings. The highest BCUT2D eigenvalue weighted by Crippen LogP contribution is 2.30. The van der Waals surface area contributed by atoms with Gasteiger partial charge in [0.15, 0.2) is 5.82 Å². The number of hydrogen-bond acceptors (Lipinski definition) is 6. The monoisotopic (exact) mass is 670 g/mol. The Morgan fingerprint density at radius 2 is 1.38 bits per heavy atom. The molecule has 1 aromatic heterocycles. The van der Waals surface area contributed by atoms with Crippen LogP contribution in [0.5, 0.6) is 0 Å². The van der Waals surface area contributed by atoms with E-state index < -0.39 is 0 Å². The Labute approximate surface area is 301 Å². The molecule has 264 valence electrons. The van der Waals surface area contributed by atoms with Crippen LogP contribution in [0.3, 0.4) is 0 Å². The average molecular weight is 671 g/mol. The van der Waals surface area contributed by atoms with Gasteiger partial charge < -0.3 is 15.5 Å². The van der Waals surface area contributed by atoms with Crippen molar-refractivity contribution in [1.82, 2.24) is 19.8 Å². The number of hydrogen-bond donors (Lipinski definition) is 1. The van der Waals surface area contributed by atoms with Gasteiger partial charge in [-0.2, -0.15) is 0 Å². The number of unbranched alkanes of at least 4 members (excludes halogenated alkanes) is 4. The lowest BCUT2D eigenvalue weighted by molar-refractivity contribution is 0.208. The molecule has 0 atom stereocenters. The molecule has 6 heteroatoms. The lowest BCUT2D eigenvalue weighted by atomic mass is 9.89. The minimum atomic E-state index is 0.700. The molecule has 2 fully saturated rings. The maximum atomic E-state index is 6.53. The molecule has 50 heavy (non-hydrogen) atoms. The van der Waals surface area contributed by atoms with Gasteiger partial charge in [-0.25, -0.2) is 9.97 Å². The predicted octanol–water partition coefficient (Wildman–Crippen LogP) is 8.79. The van der Waals surface area contributed by atoms with Crippen molar-refractivity contribution in [2.45, 2.75) is 77.6 Å². The number of nitrogens with zero attached hydrogens (tertiary/aromatic N) is 5. The largest absolute Gasteiger partial charge is 0.402 e. The topological polar surface area (TPSA) is 61.5 Å². The molecule has 0 aliphatic carbocycles. The number of aryl methyl sites for hydroxylation is 1. The molecule has 3 heterocycles. The molecule has 0 unspecified atom stereocenters. The molecule has 3 aromatic carbocycles. The van der Waals surface area contributed by atoms with E-state index in [0.29, 0.717) is 5.82 Å². The Hall–Kier alpha value is -4.00. The molecular weight excluding hydrogens is 613 g/mol. The van der Waals surface area contributed by atoms with Crippen LogP contribution in [-0.2, 0) is 6.42 Å². The zero-order valence-corrected chi connectivity index (χ0v) is 30.6. The summed E-state index contributed by atoms with van der Waals surface area (Å²) in [7, 11) is 0. The van der Waals surface area contributed by atoms with Crippen LogP contribution in [0.4, 0.5) is 5.82 Å². The summed E-state index contributed by atoms with van der Waals surface area (Å²) in [6.45, 7) is 13.2. The number of piperazine rings is 1. The summed E-state index contributed by atoms with van der Waals surface area (Å²) < 4.78 is 0.